The average Bonchev–Trinajstić information content (AvgIpc) is 2.46. The summed E-state index contributed by atoms with van der Waals surface area (Å²) in [6.45, 7) is 2.29. The summed E-state index contributed by atoms with van der Waals surface area (Å²) in [7, 11) is 0. The van der Waals surface area contributed by atoms with E-state index in [0.717, 1.165) is 15.4 Å². The first-order valence-electron chi connectivity index (χ1n) is 7.21. The van der Waals surface area contributed by atoms with Gasteiger partial charge in [0.1, 0.15) is 0 Å². The van der Waals surface area contributed by atoms with Gasteiger partial charge in [-0.3, -0.25) is 0 Å². The maximum atomic E-state index is 6.42. The summed E-state index contributed by atoms with van der Waals surface area (Å²) in [4.78, 5) is 0. The minimum absolute atomic E-state index is 0.204. The highest BCUT2D eigenvalue weighted by Gasteiger charge is 2.27. The second kappa shape index (κ2) is 7.84. The maximum Gasteiger partial charge on any atom is 0.0918 e. The minimum atomic E-state index is 0.204. The number of hydrogen-bond acceptors (Lipinski definition) is 1. The fourth-order valence-electron chi connectivity index (χ4n) is 2.91. The largest absolute Gasteiger partial charge is 0.369 e. The molecule has 19 heavy (non-hydrogen) atoms. The van der Waals surface area contributed by atoms with Crippen LogP contribution in [0.1, 0.15) is 50.7 Å². The molecule has 0 aromatic heterocycles. The molecule has 0 heterocycles. The number of hydrogen-bond donors (Lipinski definition) is 0. The Hall–Kier alpha value is 0.200. The van der Waals surface area contributed by atoms with Gasteiger partial charge in [-0.05, 0) is 36.5 Å². The molecule has 1 aliphatic rings. The molecule has 3 atom stereocenters. The van der Waals surface area contributed by atoms with E-state index in [4.69, 9.17) is 16.3 Å². The minimum Gasteiger partial charge on any atom is -0.369 e. The highest BCUT2D eigenvalue weighted by atomic mass is 127. The van der Waals surface area contributed by atoms with Crippen molar-refractivity contribution in [1.29, 1.82) is 0 Å². The molecule has 106 valence electrons. The molecule has 0 radical (unpaired) electrons. The molecule has 0 bridgehead atoms. The highest BCUT2D eigenvalue weighted by Crippen LogP contribution is 2.33. The lowest BCUT2D eigenvalue weighted by Crippen LogP contribution is -2.29. The van der Waals surface area contributed by atoms with E-state index in [0.29, 0.717) is 6.10 Å². The molecule has 2 rings (SSSR count). The van der Waals surface area contributed by atoms with Gasteiger partial charge in [-0.15, -0.1) is 0 Å². The Morgan fingerprint density at radius 3 is 2.58 bits per heavy atom. The third-order valence-electron chi connectivity index (χ3n) is 4.08. The van der Waals surface area contributed by atoms with Gasteiger partial charge in [0.05, 0.1) is 12.2 Å². The highest BCUT2D eigenvalue weighted by molar-refractivity contribution is 14.1. The molecule has 0 amide bonds. The summed E-state index contributed by atoms with van der Waals surface area (Å²) in [5.41, 5.74) is 1.25. The van der Waals surface area contributed by atoms with Crippen molar-refractivity contribution in [2.75, 3.05) is 4.43 Å². The van der Waals surface area contributed by atoms with Gasteiger partial charge < -0.3 is 4.74 Å². The van der Waals surface area contributed by atoms with Gasteiger partial charge in [0.2, 0.25) is 0 Å². The van der Waals surface area contributed by atoms with Crippen molar-refractivity contribution in [3.8, 4) is 0 Å². The lowest BCUT2D eigenvalue weighted by atomic mass is 9.84. The lowest BCUT2D eigenvalue weighted by Gasteiger charge is -2.33. The van der Waals surface area contributed by atoms with Crippen molar-refractivity contribution in [3.05, 3.63) is 34.9 Å². The first-order chi connectivity index (χ1) is 9.24. The number of halogens is 2. The zero-order valence-corrected chi connectivity index (χ0v) is 14.4. The van der Waals surface area contributed by atoms with Crippen LogP contribution in [0, 0.1) is 5.92 Å². The predicted octanol–water partition coefficient (Wildman–Crippen LogP) is 5.80. The van der Waals surface area contributed by atoms with E-state index in [1.165, 1.54) is 37.7 Å². The summed E-state index contributed by atoms with van der Waals surface area (Å²) in [5.74, 6) is 0.742. The first kappa shape index (κ1) is 15.6. The van der Waals surface area contributed by atoms with Gasteiger partial charge in [0.15, 0.2) is 0 Å². The first-order valence-corrected chi connectivity index (χ1v) is 9.11. The normalized spacial score (nSPS) is 25.2. The van der Waals surface area contributed by atoms with Gasteiger partial charge in [-0.1, -0.05) is 72.5 Å². The molecule has 1 aromatic rings. The third kappa shape index (κ3) is 4.33. The zero-order chi connectivity index (χ0) is 13.7. The van der Waals surface area contributed by atoms with Gasteiger partial charge >= 0.3 is 0 Å². The predicted molar refractivity (Wildman–Crippen MR) is 90.2 cm³/mol. The molecule has 1 saturated carbocycles. The van der Waals surface area contributed by atoms with Crippen LogP contribution in [0.2, 0.25) is 5.02 Å². The average molecular weight is 393 g/mol. The Morgan fingerprint density at radius 1 is 1.26 bits per heavy atom. The van der Waals surface area contributed by atoms with E-state index in [9.17, 15) is 0 Å². The summed E-state index contributed by atoms with van der Waals surface area (Å²) in [5, 5.41) is 0.792. The van der Waals surface area contributed by atoms with E-state index in [1.807, 2.05) is 12.1 Å². The van der Waals surface area contributed by atoms with E-state index >= 15 is 0 Å². The third-order valence-corrected chi connectivity index (χ3v) is 5.14. The van der Waals surface area contributed by atoms with Crippen LogP contribution in [0.15, 0.2) is 24.3 Å². The van der Waals surface area contributed by atoms with Crippen molar-refractivity contribution in [2.45, 2.75) is 51.2 Å². The Morgan fingerprint density at radius 2 is 1.95 bits per heavy atom. The Balaban J connectivity index is 2.03. The number of benzene rings is 1. The maximum absolute atomic E-state index is 6.42. The molecule has 1 nitrogen and oxygen atoms in total. The smallest absolute Gasteiger partial charge is 0.0918 e. The van der Waals surface area contributed by atoms with E-state index in [1.54, 1.807) is 0 Å². The van der Waals surface area contributed by atoms with Crippen molar-refractivity contribution in [1.82, 2.24) is 0 Å². The van der Waals surface area contributed by atoms with Crippen molar-refractivity contribution >= 4 is 34.2 Å². The molecule has 3 heteroatoms. The number of ether oxygens (including phenoxy) is 1. The molecule has 0 aliphatic heterocycles. The molecule has 3 unspecified atom stereocenters. The molecular weight excluding hydrogens is 371 g/mol. The molecule has 0 saturated heterocycles. The van der Waals surface area contributed by atoms with Crippen LogP contribution in [0.4, 0.5) is 0 Å². The standard InChI is InChI=1S/C16H22ClIO/c1-2-12-5-3-4-6-15(12)19-16(11-18)13-7-9-14(17)10-8-13/h7-10,12,15-16H,2-6,11H2,1H3. The van der Waals surface area contributed by atoms with Crippen molar-refractivity contribution in [3.63, 3.8) is 0 Å². The zero-order valence-electron chi connectivity index (χ0n) is 11.4. The van der Waals surface area contributed by atoms with Crippen LogP contribution in [0.25, 0.3) is 0 Å². The number of alkyl halides is 1. The lowest BCUT2D eigenvalue weighted by molar-refractivity contribution is -0.0517. The van der Waals surface area contributed by atoms with Crippen LogP contribution < -0.4 is 0 Å². The molecule has 1 aliphatic carbocycles. The SMILES string of the molecule is CCC1CCCCC1OC(CI)c1ccc(Cl)cc1. The van der Waals surface area contributed by atoms with E-state index in [-0.39, 0.29) is 6.10 Å². The van der Waals surface area contributed by atoms with Crippen LogP contribution in [-0.2, 0) is 4.74 Å². The van der Waals surface area contributed by atoms with Gasteiger partial charge in [0, 0.05) is 9.45 Å². The fourth-order valence-corrected chi connectivity index (χ4v) is 3.75. The number of rotatable bonds is 5. The van der Waals surface area contributed by atoms with Crippen LogP contribution >= 0.6 is 34.2 Å². The quantitative estimate of drug-likeness (QED) is 0.454. The Kier molecular flexibility index (Phi) is 6.43. The van der Waals surface area contributed by atoms with Crippen LogP contribution in [-0.4, -0.2) is 10.5 Å². The van der Waals surface area contributed by atoms with E-state index in [2.05, 4.69) is 41.6 Å². The van der Waals surface area contributed by atoms with E-state index < -0.39 is 0 Å². The summed E-state index contributed by atoms with van der Waals surface area (Å²) >= 11 is 8.37. The van der Waals surface area contributed by atoms with Crippen LogP contribution in [0.3, 0.4) is 0 Å². The van der Waals surface area contributed by atoms with Gasteiger partial charge in [-0.25, -0.2) is 0 Å². The molecular formula is C16H22ClIO. The van der Waals surface area contributed by atoms with Crippen molar-refractivity contribution in [2.24, 2.45) is 5.92 Å². The second-order valence-corrected chi connectivity index (χ2v) is 6.64. The summed E-state index contributed by atoms with van der Waals surface area (Å²) in [6, 6.07) is 8.10. The summed E-state index contributed by atoms with van der Waals surface area (Å²) < 4.78 is 7.41. The molecule has 0 N–H and O–H groups in total. The molecule has 1 aromatic carbocycles. The fraction of sp³-hybridized carbons (Fsp3) is 0.625. The molecule has 1 fully saturated rings. The van der Waals surface area contributed by atoms with Crippen molar-refractivity contribution < 1.29 is 4.74 Å². The Bertz CT molecular complexity index is 379. The molecule has 0 spiro atoms. The van der Waals surface area contributed by atoms with Gasteiger partial charge in [0.25, 0.3) is 0 Å². The Labute approximate surface area is 135 Å². The summed E-state index contributed by atoms with van der Waals surface area (Å²) in [6.07, 6.45) is 7.11. The second-order valence-electron chi connectivity index (χ2n) is 5.32. The van der Waals surface area contributed by atoms with Crippen LogP contribution in [0.5, 0.6) is 0 Å². The monoisotopic (exact) mass is 392 g/mol. The topological polar surface area (TPSA) is 9.23 Å². The van der Waals surface area contributed by atoms with Gasteiger partial charge in [-0.2, -0.15) is 0 Å².